The van der Waals surface area contributed by atoms with E-state index >= 15 is 0 Å². The Bertz CT molecular complexity index is 1040. The Morgan fingerprint density at radius 3 is 2.54 bits per heavy atom. The van der Waals surface area contributed by atoms with Crippen LogP contribution in [-0.4, -0.2) is 10.9 Å². The molecule has 1 N–H and O–H groups in total. The molecule has 0 aliphatic carbocycles. The van der Waals surface area contributed by atoms with Gasteiger partial charge in [-0.15, -0.1) is 0 Å². The van der Waals surface area contributed by atoms with Crippen LogP contribution >= 0.6 is 0 Å². The highest BCUT2D eigenvalue weighted by Gasteiger charge is 2.17. The number of amides is 1. The van der Waals surface area contributed by atoms with Gasteiger partial charge in [0.2, 0.25) is 0 Å². The van der Waals surface area contributed by atoms with Gasteiger partial charge in [0.25, 0.3) is 5.91 Å². The second kappa shape index (κ2) is 6.84. The number of carbonyl (C=O) groups excluding carboxylic acids is 1. The van der Waals surface area contributed by atoms with Gasteiger partial charge in [-0.05, 0) is 36.8 Å². The smallest absolute Gasteiger partial charge is 0.252 e. The molecule has 4 rings (SSSR count). The summed E-state index contributed by atoms with van der Waals surface area (Å²) in [5.41, 5.74) is 3.06. The summed E-state index contributed by atoms with van der Waals surface area (Å²) in [7, 11) is 0. The predicted molar refractivity (Wildman–Crippen MR) is 102 cm³/mol. The first-order chi connectivity index (χ1) is 12.7. The van der Waals surface area contributed by atoms with Gasteiger partial charge in [-0.2, -0.15) is 0 Å². The molecule has 4 aromatic rings. The van der Waals surface area contributed by atoms with Crippen molar-refractivity contribution < 1.29 is 9.21 Å². The van der Waals surface area contributed by atoms with Crippen molar-refractivity contribution in [3.8, 4) is 11.5 Å². The normalized spacial score (nSPS) is 12.0. The highest BCUT2D eigenvalue weighted by atomic mass is 16.3. The quantitative estimate of drug-likeness (QED) is 0.569. The number of nitrogens with one attached hydrogen (secondary N) is 1. The first kappa shape index (κ1) is 16.1. The zero-order chi connectivity index (χ0) is 17.9. The molecule has 0 radical (unpaired) electrons. The van der Waals surface area contributed by atoms with Gasteiger partial charge in [-0.25, -0.2) is 4.98 Å². The van der Waals surface area contributed by atoms with E-state index in [1.807, 2.05) is 73.7 Å². The Morgan fingerprint density at radius 1 is 1.00 bits per heavy atom. The average molecular weight is 342 g/mol. The number of benzene rings is 2. The molecule has 0 saturated carbocycles. The Morgan fingerprint density at radius 2 is 1.77 bits per heavy atom. The van der Waals surface area contributed by atoms with Gasteiger partial charge in [0, 0.05) is 5.39 Å². The van der Waals surface area contributed by atoms with Crippen LogP contribution in [0.5, 0.6) is 0 Å². The zero-order valence-corrected chi connectivity index (χ0v) is 14.3. The molecule has 2 aromatic heterocycles. The van der Waals surface area contributed by atoms with Crippen LogP contribution in [0.15, 0.2) is 83.5 Å². The molecule has 0 aliphatic heterocycles. The molecule has 4 nitrogen and oxygen atoms in total. The minimum absolute atomic E-state index is 0.0947. The molecular weight excluding hydrogens is 324 g/mol. The SMILES string of the molecule is CC(NC(=O)c1cc(-c2ccco2)nc2ccccc12)c1ccccc1. The van der Waals surface area contributed by atoms with Crippen molar-refractivity contribution in [3.05, 3.63) is 90.2 Å². The lowest BCUT2D eigenvalue weighted by Gasteiger charge is -2.15. The zero-order valence-electron chi connectivity index (χ0n) is 14.3. The van der Waals surface area contributed by atoms with E-state index < -0.39 is 0 Å². The summed E-state index contributed by atoms with van der Waals surface area (Å²) in [5.74, 6) is 0.508. The summed E-state index contributed by atoms with van der Waals surface area (Å²) < 4.78 is 5.46. The number of aromatic nitrogens is 1. The highest BCUT2D eigenvalue weighted by molar-refractivity contribution is 6.07. The number of hydrogen-bond acceptors (Lipinski definition) is 3. The molecule has 4 heteroatoms. The van der Waals surface area contributed by atoms with Gasteiger partial charge >= 0.3 is 0 Å². The molecule has 26 heavy (non-hydrogen) atoms. The van der Waals surface area contributed by atoms with Crippen LogP contribution in [0.2, 0.25) is 0 Å². The molecule has 2 aromatic carbocycles. The number of hydrogen-bond donors (Lipinski definition) is 1. The largest absolute Gasteiger partial charge is 0.463 e. The molecule has 0 fully saturated rings. The number of carbonyl (C=O) groups is 1. The molecule has 1 atom stereocenters. The van der Waals surface area contributed by atoms with Crippen LogP contribution in [0.3, 0.4) is 0 Å². The monoisotopic (exact) mass is 342 g/mol. The van der Waals surface area contributed by atoms with Crippen molar-refractivity contribution in [2.45, 2.75) is 13.0 Å². The van der Waals surface area contributed by atoms with E-state index in [4.69, 9.17) is 4.42 Å². The summed E-state index contributed by atoms with van der Waals surface area (Å²) in [4.78, 5) is 17.6. The van der Waals surface area contributed by atoms with E-state index in [0.717, 1.165) is 16.5 Å². The summed E-state index contributed by atoms with van der Waals surface area (Å²) in [6.45, 7) is 1.98. The van der Waals surface area contributed by atoms with Crippen LogP contribution in [0, 0.1) is 0 Å². The fourth-order valence-corrected chi connectivity index (χ4v) is 3.01. The maximum atomic E-state index is 13.0. The fraction of sp³-hybridized carbons (Fsp3) is 0.0909. The van der Waals surface area contributed by atoms with Crippen LogP contribution < -0.4 is 5.32 Å². The van der Waals surface area contributed by atoms with Crippen molar-refractivity contribution in [1.29, 1.82) is 0 Å². The first-order valence-corrected chi connectivity index (χ1v) is 8.52. The highest BCUT2D eigenvalue weighted by Crippen LogP contribution is 2.25. The Kier molecular flexibility index (Phi) is 4.23. The van der Waals surface area contributed by atoms with Gasteiger partial charge < -0.3 is 9.73 Å². The van der Waals surface area contributed by atoms with Gasteiger partial charge in [-0.1, -0.05) is 48.5 Å². The topological polar surface area (TPSA) is 55.1 Å². The third-order valence-electron chi connectivity index (χ3n) is 4.38. The summed E-state index contributed by atoms with van der Waals surface area (Å²) in [6, 6.07) is 22.9. The van der Waals surface area contributed by atoms with E-state index in [1.165, 1.54) is 0 Å². The molecule has 0 aliphatic rings. The number of para-hydroxylation sites is 1. The molecule has 2 heterocycles. The standard InChI is InChI=1S/C22H18N2O2/c1-15(16-8-3-2-4-9-16)23-22(25)18-14-20(21-12-7-13-26-21)24-19-11-6-5-10-17(18)19/h2-15H,1H3,(H,23,25). The maximum Gasteiger partial charge on any atom is 0.252 e. The third kappa shape index (κ3) is 3.09. The average Bonchev–Trinajstić information content (AvgIpc) is 3.22. The molecule has 1 unspecified atom stereocenters. The number of fused-ring (bicyclic) bond motifs is 1. The minimum atomic E-state index is -0.132. The van der Waals surface area contributed by atoms with Gasteiger partial charge in [0.05, 0.1) is 23.4 Å². The molecule has 0 spiro atoms. The Balaban J connectivity index is 1.73. The second-order valence-electron chi connectivity index (χ2n) is 6.16. The molecular formula is C22H18N2O2. The van der Waals surface area contributed by atoms with Crippen molar-refractivity contribution in [3.63, 3.8) is 0 Å². The lowest BCUT2D eigenvalue weighted by molar-refractivity contribution is 0.0941. The van der Waals surface area contributed by atoms with E-state index in [-0.39, 0.29) is 11.9 Å². The fourth-order valence-electron chi connectivity index (χ4n) is 3.01. The summed E-state index contributed by atoms with van der Waals surface area (Å²) >= 11 is 0. The van der Waals surface area contributed by atoms with Crippen molar-refractivity contribution >= 4 is 16.8 Å². The van der Waals surface area contributed by atoms with Crippen LogP contribution in [-0.2, 0) is 0 Å². The van der Waals surface area contributed by atoms with Gasteiger partial charge in [0.15, 0.2) is 5.76 Å². The number of furan rings is 1. The Labute approximate surface area is 151 Å². The van der Waals surface area contributed by atoms with Crippen LogP contribution in [0.25, 0.3) is 22.4 Å². The van der Waals surface area contributed by atoms with Crippen LogP contribution in [0.4, 0.5) is 0 Å². The molecule has 128 valence electrons. The summed E-state index contributed by atoms with van der Waals surface area (Å²) in [6.07, 6.45) is 1.60. The number of pyridine rings is 1. The molecule has 1 amide bonds. The minimum Gasteiger partial charge on any atom is -0.463 e. The molecule has 0 saturated heterocycles. The van der Waals surface area contributed by atoms with Crippen molar-refractivity contribution in [1.82, 2.24) is 10.3 Å². The van der Waals surface area contributed by atoms with E-state index in [2.05, 4.69) is 10.3 Å². The summed E-state index contributed by atoms with van der Waals surface area (Å²) in [5, 5.41) is 3.90. The number of nitrogens with zero attached hydrogens (tertiary/aromatic N) is 1. The predicted octanol–water partition coefficient (Wildman–Crippen LogP) is 4.99. The molecule has 0 bridgehead atoms. The first-order valence-electron chi connectivity index (χ1n) is 8.52. The van der Waals surface area contributed by atoms with E-state index in [9.17, 15) is 4.79 Å². The second-order valence-corrected chi connectivity index (χ2v) is 6.16. The van der Waals surface area contributed by atoms with E-state index in [0.29, 0.717) is 17.0 Å². The van der Waals surface area contributed by atoms with Crippen molar-refractivity contribution in [2.75, 3.05) is 0 Å². The lowest BCUT2D eigenvalue weighted by Crippen LogP contribution is -2.27. The number of rotatable bonds is 4. The van der Waals surface area contributed by atoms with Gasteiger partial charge in [0.1, 0.15) is 5.69 Å². The maximum absolute atomic E-state index is 13.0. The van der Waals surface area contributed by atoms with E-state index in [1.54, 1.807) is 12.3 Å². The van der Waals surface area contributed by atoms with Crippen molar-refractivity contribution in [2.24, 2.45) is 0 Å². The lowest BCUT2D eigenvalue weighted by atomic mass is 10.0. The van der Waals surface area contributed by atoms with Crippen LogP contribution in [0.1, 0.15) is 28.9 Å². The van der Waals surface area contributed by atoms with Gasteiger partial charge in [-0.3, -0.25) is 4.79 Å². The third-order valence-corrected chi connectivity index (χ3v) is 4.38. The Hall–Kier alpha value is -3.40.